The van der Waals surface area contributed by atoms with Gasteiger partial charge in [-0.25, -0.2) is 0 Å². The minimum absolute atomic E-state index is 0.291. The first-order valence-corrected chi connectivity index (χ1v) is 6.24. The molecule has 1 aromatic carbocycles. The highest BCUT2D eigenvalue weighted by Crippen LogP contribution is 2.17. The topological polar surface area (TPSA) is 45.1 Å². The maximum atomic E-state index is 7.04. The van der Waals surface area contributed by atoms with Crippen molar-refractivity contribution in [1.29, 1.82) is 5.41 Å². The summed E-state index contributed by atoms with van der Waals surface area (Å²) in [7, 11) is 0. The number of rotatable bonds is 8. The Morgan fingerprint density at radius 2 is 2.06 bits per heavy atom. The Morgan fingerprint density at radius 3 is 2.65 bits per heavy atom. The van der Waals surface area contributed by atoms with Gasteiger partial charge in [-0.05, 0) is 43.8 Å². The summed E-state index contributed by atoms with van der Waals surface area (Å²) in [5.74, 6) is 0.920. The van der Waals surface area contributed by atoms with Gasteiger partial charge in [0.15, 0.2) is 0 Å². The maximum Gasteiger partial charge on any atom is 0.119 e. The zero-order valence-electron chi connectivity index (χ0n) is 10.7. The maximum absolute atomic E-state index is 7.04. The summed E-state index contributed by atoms with van der Waals surface area (Å²) < 4.78 is 5.59. The highest BCUT2D eigenvalue weighted by molar-refractivity contribution is 5.56. The SMILES string of the molecule is CCCCOc1ccc(N[C@H](C)CC=N)cc1. The van der Waals surface area contributed by atoms with E-state index in [1.807, 2.05) is 24.3 Å². The second kappa shape index (κ2) is 7.71. The van der Waals surface area contributed by atoms with Gasteiger partial charge in [0.05, 0.1) is 6.61 Å². The second-order valence-electron chi connectivity index (χ2n) is 4.21. The Hall–Kier alpha value is -1.51. The van der Waals surface area contributed by atoms with Gasteiger partial charge >= 0.3 is 0 Å². The van der Waals surface area contributed by atoms with Gasteiger partial charge in [-0.1, -0.05) is 13.3 Å². The third kappa shape index (κ3) is 5.38. The van der Waals surface area contributed by atoms with Gasteiger partial charge in [-0.2, -0.15) is 0 Å². The Labute approximate surface area is 104 Å². The van der Waals surface area contributed by atoms with Crippen molar-refractivity contribution in [2.75, 3.05) is 11.9 Å². The molecule has 0 radical (unpaired) electrons. The molecule has 0 spiro atoms. The van der Waals surface area contributed by atoms with Gasteiger partial charge in [-0.15, -0.1) is 0 Å². The summed E-state index contributed by atoms with van der Waals surface area (Å²) in [5.41, 5.74) is 1.07. The molecule has 1 atom stereocenters. The summed E-state index contributed by atoms with van der Waals surface area (Å²) in [6.45, 7) is 5.01. The average molecular weight is 234 g/mol. The van der Waals surface area contributed by atoms with Crippen molar-refractivity contribution in [3.05, 3.63) is 24.3 Å². The number of unbranched alkanes of at least 4 members (excludes halogenated alkanes) is 1. The van der Waals surface area contributed by atoms with E-state index in [1.165, 1.54) is 6.21 Å². The normalized spacial score (nSPS) is 11.9. The molecule has 1 rings (SSSR count). The molecule has 0 aliphatic carbocycles. The van der Waals surface area contributed by atoms with E-state index in [4.69, 9.17) is 10.1 Å². The summed E-state index contributed by atoms with van der Waals surface area (Å²) in [6.07, 6.45) is 4.42. The van der Waals surface area contributed by atoms with Crippen molar-refractivity contribution in [3.63, 3.8) is 0 Å². The lowest BCUT2D eigenvalue weighted by atomic mass is 10.2. The van der Waals surface area contributed by atoms with Crippen LogP contribution in [0.5, 0.6) is 5.75 Å². The van der Waals surface area contributed by atoms with Crippen LogP contribution in [0.3, 0.4) is 0 Å². The average Bonchev–Trinajstić information content (AvgIpc) is 2.32. The van der Waals surface area contributed by atoms with Crippen molar-refractivity contribution < 1.29 is 4.74 Å². The number of anilines is 1. The molecule has 0 heterocycles. The molecule has 0 saturated heterocycles. The molecular weight excluding hydrogens is 212 g/mol. The second-order valence-corrected chi connectivity index (χ2v) is 4.21. The van der Waals surface area contributed by atoms with Crippen molar-refractivity contribution in [2.45, 2.75) is 39.2 Å². The van der Waals surface area contributed by atoms with E-state index >= 15 is 0 Å². The molecular formula is C14H22N2O. The molecule has 1 aromatic rings. The molecule has 3 nitrogen and oxygen atoms in total. The van der Waals surface area contributed by atoms with Gasteiger partial charge in [0.2, 0.25) is 0 Å². The molecule has 0 aliphatic rings. The van der Waals surface area contributed by atoms with Crippen LogP contribution in [0.25, 0.3) is 0 Å². The third-order valence-electron chi connectivity index (χ3n) is 2.51. The highest BCUT2D eigenvalue weighted by Gasteiger charge is 2.00. The Kier molecular flexibility index (Phi) is 6.15. The van der Waals surface area contributed by atoms with Crippen molar-refractivity contribution in [1.82, 2.24) is 0 Å². The van der Waals surface area contributed by atoms with Crippen LogP contribution in [0.4, 0.5) is 5.69 Å². The standard InChI is InChI=1S/C14H22N2O/c1-3-4-11-17-14-7-5-13(6-8-14)16-12(2)9-10-15/h5-8,10,12,15-16H,3-4,9,11H2,1-2H3/t12-/m1/s1. The first-order chi connectivity index (χ1) is 8.26. The number of hydrogen-bond donors (Lipinski definition) is 2. The van der Waals surface area contributed by atoms with Crippen LogP contribution in [0.15, 0.2) is 24.3 Å². The smallest absolute Gasteiger partial charge is 0.119 e. The van der Waals surface area contributed by atoms with Crippen LogP contribution in [0.2, 0.25) is 0 Å². The van der Waals surface area contributed by atoms with Crippen LogP contribution >= 0.6 is 0 Å². The van der Waals surface area contributed by atoms with E-state index < -0.39 is 0 Å². The van der Waals surface area contributed by atoms with E-state index in [-0.39, 0.29) is 0 Å². The fourth-order valence-electron chi connectivity index (χ4n) is 1.50. The highest BCUT2D eigenvalue weighted by atomic mass is 16.5. The molecule has 0 aromatic heterocycles. The number of benzene rings is 1. The molecule has 0 fully saturated rings. The molecule has 94 valence electrons. The van der Waals surface area contributed by atoms with Gasteiger partial charge in [0.1, 0.15) is 5.75 Å². The predicted molar refractivity (Wildman–Crippen MR) is 73.3 cm³/mol. The van der Waals surface area contributed by atoms with Crippen LogP contribution in [0.1, 0.15) is 33.1 Å². The van der Waals surface area contributed by atoms with E-state index in [0.717, 1.165) is 37.3 Å². The van der Waals surface area contributed by atoms with Crippen molar-refractivity contribution in [3.8, 4) is 5.75 Å². The zero-order valence-corrected chi connectivity index (χ0v) is 10.7. The van der Waals surface area contributed by atoms with E-state index in [1.54, 1.807) is 0 Å². The summed E-state index contributed by atoms with van der Waals surface area (Å²) >= 11 is 0. The molecule has 17 heavy (non-hydrogen) atoms. The molecule has 0 aliphatic heterocycles. The van der Waals surface area contributed by atoms with Crippen LogP contribution < -0.4 is 10.1 Å². The third-order valence-corrected chi connectivity index (χ3v) is 2.51. The Balaban J connectivity index is 2.41. The van der Waals surface area contributed by atoms with Gasteiger partial charge < -0.3 is 15.5 Å². The van der Waals surface area contributed by atoms with Gasteiger partial charge in [-0.3, -0.25) is 0 Å². The summed E-state index contributed by atoms with van der Waals surface area (Å²) in [6, 6.07) is 8.28. The van der Waals surface area contributed by atoms with Gasteiger partial charge in [0, 0.05) is 18.2 Å². The fraction of sp³-hybridized carbons (Fsp3) is 0.500. The molecule has 0 bridgehead atoms. The first-order valence-electron chi connectivity index (χ1n) is 6.24. The molecule has 0 saturated carbocycles. The van der Waals surface area contributed by atoms with Crippen LogP contribution in [-0.2, 0) is 0 Å². The largest absolute Gasteiger partial charge is 0.494 e. The predicted octanol–water partition coefficient (Wildman–Crippen LogP) is 3.71. The summed E-state index contributed by atoms with van der Waals surface area (Å²) in [5, 5.41) is 10.4. The van der Waals surface area contributed by atoms with E-state index in [9.17, 15) is 0 Å². The lowest BCUT2D eigenvalue weighted by Gasteiger charge is -2.13. The molecule has 3 heteroatoms. The zero-order chi connectivity index (χ0) is 12.5. The lowest BCUT2D eigenvalue weighted by molar-refractivity contribution is 0.309. The van der Waals surface area contributed by atoms with Gasteiger partial charge in [0.25, 0.3) is 0 Å². The quantitative estimate of drug-likeness (QED) is 0.532. The molecule has 0 amide bonds. The number of hydrogen-bond acceptors (Lipinski definition) is 3. The first kappa shape index (κ1) is 13.6. The molecule has 0 unspecified atom stereocenters. The van der Waals surface area contributed by atoms with Crippen molar-refractivity contribution in [2.24, 2.45) is 0 Å². The minimum Gasteiger partial charge on any atom is -0.494 e. The van der Waals surface area contributed by atoms with Crippen LogP contribution in [-0.4, -0.2) is 18.9 Å². The van der Waals surface area contributed by atoms with E-state index in [0.29, 0.717) is 6.04 Å². The Bertz CT molecular complexity index is 321. The number of ether oxygens (including phenoxy) is 1. The van der Waals surface area contributed by atoms with Crippen molar-refractivity contribution >= 4 is 11.9 Å². The van der Waals surface area contributed by atoms with Crippen LogP contribution in [0, 0.1) is 5.41 Å². The minimum atomic E-state index is 0.291. The summed E-state index contributed by atoms with van der Waals surface area (Å²) in [4.78, 5) is 0. The lowest BCUT2D eigenvalue weighted by Crippen LogP contribution is -2.15. The number of nitrogens with one attached hydrogen (secondary N) is 2. The Morgan fingerprint density at radius 1 is 1.35 bits per heavy atom. The monoisotopic (exact) mass is 234 g/mol. The molecule has 2 N–H and O–H groups in total. The fourth-order valence-corrected chi connectivity index (χ4v) is 1.50. The van der Waals surface area contributed by atoms with E-state index in [2.05, 4.69) is 19.2 Å².